The van der Waals surface area contributed by atoms with E-state index in [0.29, 0.717) is 17.5 Å². The summed E-state index contributed by atoms with van der Waals surface area (Å²) in [7, 11) is 0. The van der Waals surface area contributed by atoms with E-state index in [0.717, 1.165) is 5.56 Å². The molecule has 2 aromatic rings. The van der Waals surface area contributed by atoms with Gasteiger partial charge in [0.25, 0.3) is 0 Å². The number of nitrogens with one attached hydrogen (secondary N) is 1. The van der Waals surface area contributed by atoms with Crippen molar-refractivity contribution in [3.05, 3.63) is 41.7 Å². The van der Waals surface area contributed by atoms with Crippen LogP contribution >= 0.6 is 11.8 Å². The summed E-state index contributed by atoms with van der Waals surface area (Å²) in [5, 5.41) is 11.5. The van der Waals surface area contributed by atoms with E-state index in [2.05, 4.69) is 15.5 Å². The molecule has 7 heteroatoms. The molecule has 0 aliphatic heterocycles. The average molecular weight is 319 g/mol. The van der Waals surface area contributed by atoms with Gasteiger partial charge in [-0.2, -0.15) is 0 Å². The van der Waals surface area contributed by atoms with Crippen LogP contribution in [0.4, 0.5) is 0 Å². The quantitative estimate of drug-likeness (QED) is 0.647. The van der Waals surface area contributed by atoms with Crippen molar-refractivity contribution in [3.8, 4) is 0 Å². The average Bonchev–Trinajstić information content (AvgIpc) is 2.85. The maximum Gasteiger partial charge on any atom is 0.230 e. The van der Waals surface area contributed by atoms with Crippen LogP contribution < -0.4 is 11.2 Å². The number of aromatic nitrogens is 3. The molecule has 0 spiro atoms. The molecule has 1 aromatic carbocycles. The van der Waals surface area contributed by atoms with Crippen molar-refractivity contribution in [1.82, 2.24) is 20.2 Å². The Hall–Kier alpha value is -2.02. The Labute approximate surface area is 134 Å². The summed E-state index contributed by atoms with van der Waals surface area (Å²) >= 11 is 1.28. The van der Waals surface area contributed by atoms with Crippen molar-refractivity contribution in [2.45, 2.75) is 37.9 Å². The van der Waals surface area contributed by atoms with E-state index in [-0.39, 0.29) is 17.1 Å². The number of hydrogen-bond donors (Lipinski definition) is 2. The van der Waals surface area contributed by atoms with Crippen molar-refractivity contribution in [2.75, 3.05) is 11.6 Å². The molecule has 0 aliphatic rings. The van der Waals surface area contributed by atoms with Crippen LogP contribution in [0.2, 0.25) is 0 Å². The lowest BCUT2D eigenvalue weighted by molar-refractivity contribution is -0.118. The van der Waals surface area contributed by atoms with Gasteiger partial charge in [0.2, 0.25) is 11.1 Å². The van der Waals surface area contributed by atoms with Crippen LogP contribution in [-0.2, 0) is 16.8 Å². The minimum Gasteiger partial charge on any atom is -0.351 e. The maximum absolute atomic E-state index is 11.9. The monoisotopic (exact) mass is 319 g/mol. The number of carbonyl (C=O) groups is 1. The Balaban J connectivity index is 1.85. The Morgan fingerprint density at radius 3 is 2.55 bits per heavy atom. The van der Waals surface area contributed by atoms with Crippen LogP contribution in [0.25, 0.3) is 0 Å². The highest BCUT2D eigenvalue weighted by atomic mass is 32.2. The van der Waals surface area contributed by atoms with E-state index in [1.54, 1.807) is 0 Å². The van der Waals surface area contributed by atoms with Crippen LogP contribution in [0.1, 0.15) is 32.2 Å². The molecule has 118 valence electrons. The molecule has 3 N–H and O–H groups in total. The van der Waals surface area contributed by atoms with Gasteiger partial charge in [-0.3, -0.25) is 4.79 Å². The second kappa shape index (κ2) is 6.83. The zero-order chi connectivity index (χ0) is 16.2. The number of amides is 1. The number of hydrogen-bond acceptors (Lipinski definition) is 5. The highest BCUT2D eigenvalue weighted by Crippen LogP contribution is 2.22. The number of nitrogens with zero attached hydrogens (tertiary/aromatic N) is 3. The summed E-state index contributed by atoms with van der Waals surface area (Å²) < 4.78 is 1.45. The summed E-state index contributed by atoms with van der Waals surface area (Å²) in [4.78, 5) is 11.9. The molecule has 2 rings (SSSR count). The SMILES string of the molecule is CC(C)(C)c1nnc(SCC(=O)NCc2ccccc2)n1N. The first-order valence-electron chi connectivity index (χ1n) is 7.02. The van der Waals surface area contributed by atoms with Crippen molar-refractivity contribution in [2.24, 2.45) is 0 Å². The minimum absolute atomic E-state index is 0.0610. The van der Waals surface area contributed by atoms with Gasteiger partial charge in [0.15, 0.2) is 5.82 Å². The first-order valence-corrected chi connectivity index (χ1v) is 8.01. The third kappa shape index (κ3) is 4.24. The van der Waals surface area contributed by atoms with Gasteiger partial charge in [-0.15, -0.1) is 10.2 Å². The van der Waals surface area contributed by atoms with Gasteiger partial charge in [-0.25, -0.2) is 4.68 Å². The minimum atomic E-state index is -0.184. The second-order valence-electron chi connectivity index (χ2n) is 5.98. The Morgan fingerprint density at radius 1 is 1.27 bits per heavy atom. The number of nitrogen functional groups attached to an aromatic ring is 1. The van der Waals surface area contributed by atoms with Crippen LogP contribution in [0.3, 0.4) is 0 Å². The highest BCUT2D eigenvalue weighted by molar-refractivity contribution is 7.99. The lowest BCUT2D eigenvalue weighted by Crippen LogP contribution is -2.26. The number of rotatable bonds is 5. The highest BCUT2D eigenvalue weighted by Gasteiger charge is 2.23. The summed E-state index contributed by atoms with van der Waals surface area (Å²) in [5.41, 5.74) is 0.883. The van der Waals surface area contributed by atoms with Crippen LogP contribution in [-0.4, -0.2) is 26.5 Å². The Kier molecular flexibility index (Phi) is 5.07. The maximum atomic E-state index is 11.9. The summed E-state index contributed by atoms with van der Waals surface area (Å²) in [6.45, 7) is 6.56. The van der Waals surface area contributed by atoms with Gasteiger partial charge >= 0.3 is 0 Å². The first kappa shape index (κ1) is 16.4. The summed E-state index contributed by atoms with van der Waals surface area (Å²) in [6, 6.07) is 9.78. The largest absolute Gasteiger partial charge is 0.351 e. The molecule has 0 atom stereocenters. The van der Waals surface area contributed by atoms with Crippen LogP contribution in [0.5, 0.6) is 0 Å². The van der Waals surface area contributed by atoms with E-state index in [4.69, 9.17) is 5.84 Å². The third-order valence-electron chi connectivity index (χ3n) is 3.00. The lowest BCUT2D eigenvalue weighted by Gasteiger charge is -2.16. The summed E-state index contributed by atoms with van der Waals surface area (Å²) in [5.74, 6) is 6.87. The van der Waals surface area contributed by atoms with Gasteiger partial charge in [0.1, 0.15) is 0 Å². The number of nitrogens with two attached hydrogens (primary N) is 1. The molecule has 0 radical (unpaired) electrons. The van der Waals surface area contributed by atoms with E-state index in [1.807, 2.05) is 51.1 Å². The number of thioether (sulfide) groups is 1. The molecule has 0 saturated carbocycles. The molecule has 0 aliphatic carbocycles. The van der Waals surface area contributed by atoms with Crippen LogP contribution in [0, 0.1) is 0 Å². The number of carbonyl (C=O) groups excluding carboxylic acids is 1. The van der Waals surface area contributed by atoms with Crippen LogP contribution in [0.15, 0.2) is 35.5 Å². The van der Waals surface area contributed by atoms with Gasteiger partial charge in [0, 0.05) is 12.0 Å². The predicted octanol–water partition coefficient (Wildman–Crippen LogP) is 1.70. The zero-order valence-electron chi connectivity index (χ0n) is 13.0. The molecule has 1 amide bonds. The Bertz CT molecular complexity index is 633. The molecule has 1 heterocycles. The van der Waals surface area contributed by atoms with E-state index in [1.165, 1.54) is 16.4 Å². The van der Waals surface area contributed by atoms with Crippen molar-refractivity contribution in [1.29, 1.82) is 0 Å². The standard InChI is InChI=1S/C15H21N5OS/c1-15(2,3)13-18-19-14(20(13)16)22-10-12(21)17-9-11-7-5-4-6-8-11/h4-8H,9-10,16H2,1-3H3,(H,17,21). The molecule has 0 fully saturated rings. The van der Waals surface area contributed by atoms with Gasteiger partial charge in [-0.05, 0) is 5.56 Å². The molecule has 0 saturated heterocycles. The fourth-order valence-corrected chi connectivity index (χ4v) is 2.55. The van der Waals surface area contributed by atoms with Gasteiger partial charge in [-0.1, -0.05) is 62.9 Å². The topological polar surface area (TPSA) is 85.8 Å². The molecule has 1 aromatic heterocycles. The normalized spacial score (nSPS) is 11.4. The van der Waals surface area contributed by atoms with Crippen molar-refractivity contribution < 1.29 is 4.79 Å². The van der Waals surface area contributed by atoms with E-state index < -0.39 is 0 Å². The number of benzene rings is 1. The second-order valence-corrected chi connectivity index (χ2v) is 6.92. The fourth-order valence-electron chi connectivity index (χ4n) is 1.86. The molecule has 22 heavy (non-hydrogen) atoms. The predicted molar refractivity (Wildman–Crippen MR) is 87.9 cm³/mol. The third-order valence-corrected chi connectivity index (χ3v) is 3.94. The molecule has 0 unspecified atom stereocenters. The molecular formula is C15H21N5OS. The molecule has 0 bridgehead atoms. The van der Waals surface area contributed by atoms with E-state index in [9.17, 15) is 4.79 Å². The van der Waals surface area contributed by atoms with Gasteiger partial charge < -0.3 is 11.2 Å². The first-order chi connectivity index (χ1) is 10.4. The Morgan fingerprint density at radius 2 is 1.95 bits per heavy atom. The molecule has 6 nitrogen and oxygen atoms in total. The molecular weight excluding hydrogens is 298 g/mol. The van der Waals surface area contributed by atoms with Crippen molar-refractivity contribution in [3.63, 3.8) is 0 Å². The van der Waals surface area contributed by atoms with Crippen molar-refractivity contribution >= 4 is 17.7 Å². The fraction of sp³-hybridized carbons (Fsp3) is 0.400. The zero-order valence-corrected chi connectivity index (χ0v) is 13.9. The lowest BCUT2D eigenvalue weighted by atomic mass is 9.96. The summed E-state index contributed by atoms with van der Waals surface area (Å²) in [6.07, 6.45) is 0. The van der Waals surface area contributed by atoms with Gasteiger partial charge in [0.05, 0.1) is 5.75 Å². The van der Waals surface area contributed by atoms with E-state index >= 15 is 0 Å². The smallest absolute Gasteiger partial charge is 0.230 e.